The molecule has 0 rings (SSSR count). The van der Waals surface area contributed by atoms with Gasteiger partial charge >= 0.3 is 11.9 Å². The quantitative estimate of drug-likeness (QED) is 0.0979. The molecule has 0 amide bonds. The lowest BCUT2D eigenvalue weighted by molar-refractivity contribution is -0.467. The summed E-state index contributed by atoms with van der Waals surface area (Å²) in [5, 5.41) is 12.6. The molecule has 6 nitrogen and oxygen atoms in total. The third-order valence-corrected chi connectivity index (χ3v) is 1.79. The number of nitrogens with one attached hydrogen (secondary N) is 6. The smallest absolute Gasteiger partial charge is 0.278 e. The minimum atomic E-state index is 0. The fraction of sp³-hybridized carbons (Fsp3) is 0.636. The Hall–Kier alpha value is -1.90. The van der Waals surface area contributed by atoms with Crippen molar-refractivity contribution in [1.29, 1.82) is 0 Å². The van der Waals surface area contributed by atoms with Gasteiger partial charge in [-0.25, -0.2) is 15.3 Å². The second kappa shape index (κ2) is 10.6. The maximum atomic E-state index is 5.17. The van der Waals surface area contributed by atoms with Crippen LogP contribution < -0.4 is 31.3 Å². The third kappa shape index (κ3) is 7.96. The van der Waals surface area contributed by atoms with Gasteiger partial charge in [-0.2, -0.15) is 0 Å². The molecule has 0 aromatic carbocycles. The van der Waals surface area contributed by atoms with E-state index in [-0.39, 0.29) is 1.43 Å². The Kier molecular flexibility index (Phi) is 9.43. The van der Waals surface area contributed by atoms with Crippen LogP contribution in [0.3, 0.4) is 0 Å². The molecule has 0 fully saturated rings. The van der Waals surface area contributed by atoms with Crippen molar-refractivity contribution >= 4 is 11.9 Å². The highest BCUT2D eigenvalue weighted by Gasteiger charge is 2.04. The summed E-state index contributed by atoms with van der Waals surface area (Å²) in [7, 11) is 0. The molecular formula is C11H26N6+2. The van der Waals surface area contributed by atoms with Gasteiger partial charge in [-0.1, -0.05) is 6.42 Å². The summed E-state index contributed by atoms with van der Waals surface area (Å²) in [4.78, 5) is 5.94. The molecule has 0 atom stereocenters. The zero-order valence-electron chi connectivity index (χ0n) is 10.9. The van der Waals surface area contributed by atoms with Crippen LogP contribution in [0.4, 0.5) is 0 Å². The van der Waals surface area contributed by atoms with Gasteiger partial charge in [0, 0.05) is 1.43 Å². The standard InChI is InChI=1S/C11H22N6.H2/c1-5-12-10(13-6-2)16-9-17-11(14-7-3)15-8-4;/h1H,6-9H2,2-4H3,(H2,12,13,16)(H2,14,15,17);1H/p+2. The Labute approximate surface area is 105 Å². The van der Waals surface area contributed by atoms with Gasteiger partial charge < -0.3 is 0 Å². The van der Waals surface area contributed by atoms with Crippen LogP contribution in [-0.2, 0) is 0 Å². The Morgan fingerprint density at radius 1 is 1.00 bits per heavy atom. The highest BCUT2D eigenvalue weighted by Crippen LogP contribution is 1.54. The molecular weight excluding hydrogens is 216 g/mol. The first-order valence-electron chi connectivity index (χ1n) is 5.93. The first-order chi connectivity index (χ1) is 8.28. The van der Waals surface area contributed by atoms with Crippen LogP contribution in [0.2, 0.25) is 0 Å². The van der Waals surface area contributed by atoms with E-state index < -0.39 is 0 Å². The summed E-state index contributed by atoms with van der Waals surface area (Å²) in [6.07, 6.45) is 5.17. The Bertz CT molecular complexity index is 286. The lowest BCUT2D eigenvalue weighted by atomic mass is 10.6. The molecule has 0 unspecified atom stereocenters. The molecule has 0 radical (unpaired) electrons. The summed E-state index contributed by atoms with van der Waals surface area (Å²) < 4.78 is 0. The normalized spacial score (nSPS) is 10.1. The van der Waals surface area contributed by atoms with Gasteiger partial charge in [-0.3, -0.25) is 16.0 Å². The van der Waals surface area contributed by atoms with Crippen molar-refractivity contribution in [2.75, 3.05) is 26.3 Å². The van der Waals surface area contributed by atoms with Gasteiger partial charge in [0.2, 0.25) is 0 Å². The highest BCUT2D eigenvalue weighted by molar-refractivity contribution is 5.75. The minimum absolute atomic E-state index is 0. The van der Waals surface area contributed by atoms with Crippen molar-refractivity contribution in [1.82, 2.24) is 21.3 Å². The van der Waals surface area contributed by atoms with Crippen molar-refractivity contribution in [2.45, 2.75) is 20.8 Å². The average molecular weight is 242 g/mol. The van der Waals surface area contributed by atoms with Gasteiger partial charge in [0.1, 0.15) is 0 Å². The van der Waals surface area contributed by atoms with E-state index in [2.05, 4.69) is 37.3 Å². The second-order valence-electron chi connectivity index (χ2n) is 3.14. The third-order valence-electron chi connectivity index (χ3n) is 1.79. The average Bonchev–Trinajstić information content (AvgIpc) is 2.30. The van der Waals surface area contributed by atoms with Crippen LogP contribution >= 0.6 is 0 Å². The molecule has 0 aromatic rings. The van der Waals surface area contributed by atoms with E-state index in [0.717, 1.165) is 31.6 Å². The molecule has 0 saturated carbocycles. The van der Waals surface area contributed by atoms with Crippen LogP contribution in [0, 0.1) is 12.5 Å². The molecule has 0 aromatic heterocycles. The van der Waals surface area contributed by atoms with Gasteiger partial charge in [0.25, 0.3) is 0 Å². The van der Waals surface area contributed by atoms with Crippen molar-refractivity contribution in [2.24, 2.45) is 0 Å². The molecule has 6 N–H and O–H groups in total. The monoisotopic (exact) mass is 242 g/mol. The number of terminal acetylenes is 1. The topological polar surface area (TPSA) is 76.1 Å². The zero-order valence-corrected chi connectivity index (χ0v) is 10.9. The fourth-order valence-electron chi connectivity index (χ4n) is 1.16. The van der Waals surface area contributed by atoms with E-state index in [4.69, 9.17) is 6.42 Å². The van der Waals surface area contributed by atoms with E-state index in [0.29, 0.717) is 6.67 Å². The Morgan fingerprint density at radius 2 is 1.53 bits per heavy atom. The summed E-state index contributed by atoms with van der Waals surface area (Å²) in [6.45, 7) is 9.18. The zero-order chi connectivity index (χ0) is 12.9. The van der Waals surface area contributed by atoms with Gasteiger partial charge in [0.05, 0.1) is 25.7 Å². The predicted octanol–water partition coefficient (Wildman–Crippen LogP) is -3.93. The molecule has 0 heterocycles. The summed E-state index contributed by atoms with van der Waals surface area (Å²) in [5.74, 6) is 1.62. The maximum Gasteiger partial charge on any atom is 0.358 e. The van der Waals surface area contributed by atoms with E-state index in [1.807, 2.05) is 20.8 Å². The fourth-order valence-corrected chi connectivity index (χ4v) is 1.16. The largest absolute Gasteiger partial charge is 0.358 e. The lowest BCUT2D eigenvalue weighted by Crippen LogP contribution is -2.85. The first-order valence-corrected chi connectivity index (χ1v) is 5.93. The van der Waals surface area contributed by atoms with Crippen molar-refractivity contribution < 1.29 is 11.4 Å². The van der Waals surface area contributed by atoms with Crippen LogP contribution in [0.5, 0.6) is 0 Å². The van der Waals surface area contributed by atoms with Crippen LogP contribution in [0.1, 0.15) is 22.2 Å². The molecule has 0 aliphatic rings. The van der Waals surface area contributed by atoms with Crippen molar-refractivity contribution in [3.05, 3.63) is 0 Å². The predicted molar refractivity (Wildman–Crippen MR) is 71.9 cm³/mol. The lowest BCUT2D eigenvalue weighted by Gasteiger charge is -2.03. The minimum Gasteiger partial charge on any atom is -0.278 e. The van der Waals surface area contributed by atoms with E-state index in [1.54, 1.807) is 0 Å². The number of guanidine groups is 2. The molecule has 17 heavy (non-hydrogen) atoms. The summed E-state index contributed by atoms with van der Waals surface area (Å²) in [6, 6.07) is 2.36. The molecule has 0 aliphatic heterocycles. The van der Waals surface area contributed by atoms with E-state index >= 15 is 0 Å². The van der Waals surface area contributed by atoms with Crippen molar-refractivity contribution in [3.63, 3.8) is 0 Å². The number of hydrogen-bond acceptors (Lipinski definition) is 0. The van der Waals surface area contributed by atoms with E-state index in [9.17, 15) is 0 Å². The molecule has 0 spiro atoms. The Balaban J connectivity index is 0. The van der Waals surface area contributed by atoms with Gasteiger partial charge in [-0.05, 0) is 20.8 Å². The van der Waals surface area contributed by atoms with E-state index in [1.165, 1.54) is 0 Å². The number of rotatable bonds is 5. The van der Waals surface area contributed by atoms with Gasteiger partial charge in [-0.15, -0.1) is 0 Å². The summed E-state index contributed by atoms with van der Waals surface area (Å²) >= 11 is 0. The highest BCUT2D eigenvalue weighted by atomic mass is 15.2. The molecule has 0 saturated heterocycles. The van der Waals surface area contributed by atoms with Crippen LogP contribution in [0.15, 0.2) is 0 Å². The Morgan fingerprint density at radius 3 is 2.00 bits per heavy atom. The molecule has 98 valence electrons. The molecule has 0 aliphatic carbocycles. The SMILES string of the molecule is C#C[NH+]=C(NCC)NC[NH+]=C(NCC)NCC.[HH]. The van der Waals surface area contributed by atoms with Crippen LogP contribution in [0.25, 0.3) is 0 Å². The first kappa shape index (κ1) is 15.1. The maximum absolute atomic E-state index is 5.17. The van der Waals surface area contributed by atoms with Crippen LogP contribution in [-0.4, -0.2) is 38.2 Å². The number of hydrogen-bond donors (Lipinski definition) is 6. The second-order valence-corrected chi connectivity index (χ2v) is 3.14. The van der Waals surface area contributed by atoms with Gasteiger partial charge in [0.15, 0.2) is 6.67 Å². The van der Waals surface area contributed by atoms with Crippen molar-refractivity contribution in [3.8, 4) is 12.5 Å². The summed E-state index contributed by atoms with van der Waals surface area (Å²) in [5.41, 5.74) is 0. The molecule has 6 heteroatoms. The molecule has 0 bridgehead atoms.